The van der Waals surface area contributed by atoms with Crippen LogP contribution in [-0.2, 0) is 52.4 Å². The summed E-state index contributed by atoms with van der Waals surface area (Å²) in [4.78, 5) is 54.4. The molecular formula is C24H30N4O11. The molecule has 1 amide bonds. The van der Waals surface area contributed by atoms with Crippen LogP contribution in [0.2, 0.25) is 0 Å². The summed E-state index contributed by atoms with van der Waals surface area (Å²) in [5.41, 5.74) is -2.02. The number of hydrogen-bond donors (Lipinski definition) is 4. The van der Waals surface area contributed by atoms with Gasteiger partial charge in [-0.2, -0.15) is 0 Å². The lowest BCUT2D eigenvalue weighted by Crippen LogP contribution is -2.52. The van der Waals surface area contributed by atoms with Gasteiger partial charge in [0.15, 0.2) is 17.4 Å². The van der Waals surface area contributed by atoms with Crippen molar-refractivity contribution in [3.8, 4) is 0 Å². The lowest BCUT2D eigenvalue weighted by Gasteiger charge is -2.31. The predicted octanol–water partition coefficient (Wildman–Crippen LogP) is -3.39. The standard InChI is InChI=1S/C12H14N2O6.C12H16N2O5/c15-5-18-4-12-8(10(17)14-11(12)19-6-16)9-7(20-12)2-1-3-13-9;15-6-17-5-12-8(4-14-11(12)18-7-16)10-9(19-12)2-1-3-13-10/h1-2,5-9,11,13H,3-4H2,(H,14,17);1-2,6-11,13-14H,3-5H2/t7-,8?,9+,11-,12+;8?,9-,10-,11-,12+/m00/s1. The van der Waals surface area contributed by atoms with E-state index in [1.807, 2.05) is 24.3 Å². The molecule has 0 saturated carbocycles. The van der Waals surface area contributed by atoms with Crippen molar-refractivity contribution in [3.05, 3.63) is 24.3 Å². The molecule has 0 aliphatic carbocycles. The topological polar surface area (TPSA) is 189 Å². The Labute approximate surface area is 222 Å². The molecule has 6 heterocycles. The summed E-state index contributed by atoms with van der Waals surface area (Å²) in [6.07, 6.45) is 5.76. The second-order valence-electron chi connectivity index (χ2n) is 9.84. The number of amides is 1. The molecule has 0 radical (unpaired) electrons. The van der Waals surface area contributed by atoms with E-state index in [0.717, 1.165) is 6.54 Å². The molecule has 10 atom stereocenters. The van der Waals surface area contributed by atoms with Gasteiger partial charge in [0.05, 0.1) is 24.2 Å². The molecule has 4 fully saturated rings. The highest BCUT2D eigenvalue weighted by atomic mass is 16.6. The smallest absolute Gasteiger partial charge is 0.295 e. The Morgan fingerprint density at radius 3 is 2.05 bits per heavy atom. The van der Waals surface area contributed by atoms with Crippen LogP contribution in [0.25, 0.3) is 0 Å². The molecule has 6 aliphatic heterocycles. The van der Waals surface area contributed by atoms with Gasteiger partial charge in [-0.15, -0.1) is 0 Å². The van der Waals surface area contributed by atoms with Crippen molar-refractivity contribution < 1.29 is 52.4 Å². The largest absolute Gasteiger partial charge is 0.465 e. The monoisotopic (exact) mass is 550 g/mol. The lowest BCUT2D eigenvalue weighted by molar-refractivity contribution is -0.173. The van der Waals surface area contributed by atoms with Gasteiger partial charge in [0.1, 0.15) is 13.2 Å². The molecule has 4 saturated heterocycles. The van der Waals surface area contributed by atoms with Crippen LogP contribution in [0.15, 0.2) is 24.3 Å². The second-order valence-corrected chi connectivity index (χ2v) is 9.84. The van der Waals surface area contributed by atoms with Gasteiger partial charge in [-0.05, 0) is 0 Å². The van der Waals surface area contributed by atoms with E-state index in [2.05, 4.69) is 21.3 Å². The van der Waals surface area contributed by atoms with Crippen molar-refractivity contribution in [3.63, 3.8) is 0 Å². The summed E-state index contributed by atoms with van der Waals surface area (Å²) in [6.45, 7) is 3.24. The minimum Gasteiger partial charge on any atom is -0.465 e. The van der Waals surface area contributed by atoms with E-state index >= 15 is 0 Å². The number of carbonyl (C=O) groups is 5. The highest BCUT2D eigenvalue weighted by Gasteiger charge is 2.68. The first-order valence-corrected chi connectivity index (χ1v) is 12.5. The van der Waals surface area contributed by atoms with E-state index in [-0.39, 0.29) is 62.3 Å². The Bertz CT molecular complexity index is 1030. The maximum Gasteiger partial charge on any atom is 0.295 e. The van der Waals surface area contributed by atoms with Gasteiger partial charge in [0.25, 0.3) is 25.9 Å². The van der Waals surface area contributed by atoms with Gasteiger partial charge < -0.3 is 44.4 Å². The fourth-order valence-electron chi connectivity index (χ4n) is 6.55. The van der Waals surface area contributed by atoms with Crippen molar-refractivity contribution in [1.82, 2.24) is 21.3 Å². The van der Waals surface area contributed by atoms with Gasteiger partial charge in [0.2, 0.25) is 12.1 Å². The van der Waals surface area contributed by atoms with Crippen molar-refractivity contribution >= 4 is 31.8 Å². The minimum atomic E-state index is -1.20. The predicted molar refractivity (Wildman–Crippen MR) is 126 cm³/mol. The van der Waals surface area contributed by atoms with Crippen LogP contribution in [0.3, 0.4) is 0 Å². The number of nitrogens with one attached hydrogen (secondary N) is 4. The average molecular weight is 551 g/mol. The van der Waals surface area contributed by atoms with Crippen LogP contribution in [0, 0.1) is 11.8 Å². The van der Waals surface area contributed by atoms with E-state index in [1.165, 1.54) is 0 Å². The number of rotatable bonds is 10. The molecule has 0 aromatic rings. The summed E-state index contributed by atoms with van der Waals surface area (Å²) >= 11 is 0. The number of ether oxygens (including phenoxy) is 6. The Hall–Kier alpha value is -3.37. The highest BCUT2D eigenvalue weighted by molar-refractivity contribution is 5.85. The number of fused-ring (bicyclic) bond motifs is 6. The maximum atomic E-state index is 12.2. The van der Waals surface area contributed by atoms with E-state index in [0.29, 0.717) is 26.0 Å². The molecule has 15 heteroatoms. The molecule has 0 aromatic heterocycles. The lowest BCUT2D eigenvalue weighted by atomic mass is 9.84. The summed E-state index contributed by atoms with van der Waals surface area (Å²) in [7, 11) is 0. The molecule has 0 aromatic carbocycles. The van der Waals surface area contributed by atoms with Gasteiger partial charge >= 0.3 is 0 Å². The normalized spacial score (nSPS) is 42.4. The highest BCUT2D eigenvalue weighted by Crippen LogP contribution is 2.45. The Kier molecular flexibility index (Phi) is 7.95. The van der Waals surface area contributed by atoms with Gasteiger partial charge in [0, 0.05) is 31.6 Å². The van der Waals surface area contributed by atoms with Crippen LogP contribution in [0.5, 0.6) is 0 Å². The third-order valence-electron chi connectivity index (χ3n) is 8.06. The molecule has 6 rings (SSSR count). The first kappa shape index (κ1) is 27.2. The van der Waals surface area contributed by atoms with Crippen molar-refractivity contribution in [1.29, 1.82) is 0 Å². The minimum absolute atomic E-state index is 0.0647. The van der Waals surface area contributed by atoms with Gasteiger partial charge in [-0.1, -0.05) is 24.3 Å². The zero-order valence-electron chi connectivity index (χ0n) is 20.8. The van der Waals surface area contributed by atoms with Crippen molar-refractivity contribution in [2.24, 2.45) is 11.8 Å². The Morgan fingerprint density at radius 1 is 0.795 bits per heavy atom. The zero-order chi connectivity index (χ0) is 27.5. The molecule has 39 heavy (non-hydrogen) atoms. The first-order chi connectivity index (χ1) is 19.0. The fraction of sp³-hybridized carbons (Fsp3) is 0.625. The molecule has 15 nitrogen and oxygen atoms in total. The molecule has 2 unspecified atom stereocenters. The third-order valence-corrected chi connectivity index (χ3v) is 8.06. The van der Waals surface area contributed by atoms with E-state index in [4.69, 9.17) is 28.4 Å². The van der Waals surface area contributed by atoms with E-state index in [9.17, 15) is 24.0 Å². The van der Waals surface area contributed by atoms with E-state index < -0.39 is 29.6 Å². The zero-order valence-corrected chi connectivity index (χ0v) is 20.8. The fourth-order valence-corrected chi connectivity index (χ4v) is 6.55. The summed E-state index contributed by atoms with van der Waals surface area (Å²) < 4.78 is 31.7. The van der Waals surface area contributed by atoms with Crippen molar-refractivity contribution in [2.45, 2.75) is 47.9 Å². The van der Waals surface area contributed by atoms with Crippen LogP contribution in [0.1, 0.15) is 0 Å². The van der Waals surface area contributed by atoms with E-state index in [1.54, 1.807) is 0 Å². The molecule has 0 bridgehead atoms. The summed E-state index contributed by atoms with van der Waals surface area (Å²) in [5, 5.41) is 12.2. The van der Waals surface area contributed by atoms with Gasteiger partial charge in [-0.25, -0.2) is 0 Å². The number of hydrogen-bond acceptors (Lipinski definition) is 14. The molecule has 0 spiro atoms. The summed E-state index contributed by atoms with van der Waals surface area (Å²) in [6, 6.07) is -0.108. The van der Waals surface area contributed by atoms with Crippen LogP contribution in [0.4, 0.5) is 0 Å². The van der Waals surface area contributed by atoms with Crippen LogP contribution < -0.4 is 21.3 Å². The molecular weight excluding hydrogens is 520 g/mol. The summed E-state index contributed by atoms with van der Waals surface area (Å²) in [5.74, 6) is -0.809. The van der Waals surface area contributed by atoms with Crippen LogP contribution in [-0.4, -0.2) is 113 Å². The SMILES string of the molecule is O=COC[C@@]12O[C@H]3C=CCN[C@H]3C1C(=O)N[C@H]2OC=O.O=COC[C@@]12O[C@H]3C=CCN[C@H]3C1CN[C@H]2OC=O. The van der Waals surface area contributed by atoms with Crippen molar-refractivity contribution in [2.75, 3.05) is 32.8 Å². The first-order valence-electron chi connectivity index (χ1n) is 12.5. The molecule has 212 valence electrons. The average Bonchev–Trinajstić information content (AvgIpc) is 3.64. The van der Waals surface area contributed by atoms with Gasteiger partial charge in [-0.3, -0.25) is 29.3 Å². The Balaban J connectivity index is 0.000000158. The number of carbonyl (C=O) groups excluding carboxylic acids is 5. The maximum absolute atomic E-state index is 12.2. The second kappa shape index (κ2) is 11.4. The Morgan fingerprint density at radius 2 is 1.38 bits per heavy atom. The quantitative estimate of drug-likeness (QED) is 0.120. The van der Waals surface area contributed by atoms with Crippen LogP contribution >= 0.6 is 0 Å². The molecule has 4 N–H and O–H groups in total. The third kappa shape index (κ3) is 4.59. The molecule has 6 aliphatic rings.